The first-order valence-corrected chi connectivity index (χ1v) is 9.09. The highest BCUT2D eigenvalue weighted by atomic mass is 35.5. The van der Waals surface area contributed by atoms with Crippen LogP contribution in [0.25, 0.3) is 0 Å². The highest BCUT2D eigenvalue weighted by Crippen LogP contribution is 2.27. The molecule has 0 aliphatic rings. The van der Waals surface area contributed by atoms with Crippen LogP contribution in [0, 0.1) is 0 Å². The number of anilines is 2. The molecule has 2 aromatic rings. The van der Waals surface area contributed by atoms with Gasteiger partial charge in [0.25, 0.3) is 0 Å². The molecule has 4 amide bonds. The minimum absolute atomic E-state index is 0.00352. The van der Waals surface area contributed by atoms with E-state index in [-0.39, 0.29) is 31.5 Å². The molecule has 0 saturated heterocycles. The number of benzene rings is 2. The van der Waals surface area contributed by atoms with E-state index in [4.69, 9.17) is 46.4 Å². The van der Waals surface area contributed by atoms with Crippen molar-refractivity contribution in [3.63, 3.8) is 0 Å². The molecule has 6 nitrogen and oxygen atoms in total. The van der Waals surface area contributed by atoms with Gasteiger partial charge in [0.15, 0.2) is 0 Å². The van der Waals surface area contributed by atoms with Crippen LogP contribution < -0.4 is 16.1 Å². The predicted molar refractivity (Wildman–Crippen MR) is 107 cm³/mol. The Bertz CT molecular complexity index is 928. The second kappa shape index (κ2) is 9.62. The van der Waals surface area contributed by atoms with Gasteiger partial charge in [0.1, 0.15) is 6.54 Å². The van der Waals surface area contributed by atoms with E-state index in [9.17, 15) is 22.8 Å². The Labute approximate surface area is 182 Å². The number of carbonyl (C=O) groups excluding carboxylic acids is 2. The maximum absolute atomic E-state index is 12.9. The van der Waals surface area contributed by atoms with Gasteiger partial charge in [-0.25, -0.2) is 20.0 Å². The smallest absolute Gasteiger partial charge is 0.305 e. The summed E-state index contributed by atoms with van der Waals surface area (Å²) in [4.78, 5) is 24.3. The average Bonchev–Trinajstić information content (AvgIpc) is 2.58. The topological polar surface area (TPSA) is 73.5 Å². The van der Waals surface area contributed by atoms with Crippen molar-refractivity contribution in [1.82, 2.24) is 10.4 Å². The Hall–Kier alpha value is -2.07. The fourth-order valence-electron chi connectivity index (χ4n) is 1.98. The lowest BCUT2D eigenvalue weighted by atomic mass is 10.3. The normalized spacial score (nSPS) is 11.0. The number of hydrogen-bond acceptors (Lipinski definition) is 2. The first-order valence-electron chi connectivity index (χ1n) is 7.57. The molecule has 156 valence electrons. The lowest BCUT2D eigenvalue weighted by Crippen LogP contribution is -2.53. The molecule has 0 fully saturated rings. The Morgan fingerprint density at radius 3 is 1.79 bits per heavy atom. The van der Waals surface area contributed by atoms with Crippen molar-refractivity contribution in [2.24, 2.45) is 0 Å². The number of hydrogen-bond donors (Lipinski definition) is 3. The Balaban J connectivity index is 2.14. The van der Waals surface area contributed by atoms with E-state index < -0.39 is 24.8 Å². The van der Waals surface area contributed by atoms with Gasteiger partial charge in [-0.2, -0.15) is 13.2 Å². The molecular weight excluding hydrogens is 479 g/mol. The monoisotopic (exact) mass is 488 g/mol. The molecule has 0 aromatic heterocycles. The first-order chi connectivity index (χ1) is 13.4. The van der Waals surface area contributed by atoms with Crippen molar-refractivity contribution < 1.29 is 22.8 Å². The van der Waals surface area contributed by atoms with E-state index in [0.717, 1.165) is 0 Å². The summed E-state index contributed by atoms with van der Waals surface area (Å²) < 4.78 is 38.6. The Morgan fingerprint density at radius 1 is 0.862 bits per heavy atom. The maximum atomic E-state index is 12.9. The molecule has 0 bridgehead atoms. The van der Waals surface area contributed by atoms with Crippen molar-refractivity contribution >= 4 is 69.8 Å². The fraction of sp³-hybridized carbons (Fsp3) is 0.125. The number of amides is 4. The third kappa shape index (κ3) is 7.36. The van der Waals surface area contributed by atoms with Crippen molar-refractivity contribution in [2.45, 2.75) is 6.18 Å². The second-order valence-electron chi connectivity index (χ2n) is 5.45. The maximum Gasteiger partial charge on any atom is 0.408 e. The zero-order valence-electron chi connectivity index (χ0n) is 14.1. The SMILES string of the molecule is O=C(Nc1ccc(Cl)cc1Cl)NN(CC(F)(F)F)C(=O)Nc1ccc(Cl)cc1Cl. The molecule has 0 aliphatic carbocycles. The highest BCUT2D eigenvalue weighted by molar-refractivity contribution is 6.37. The molecular formula is C16H11Cl4F3N4O2. The summed E-state index contributed by atoms with van der Waals surface area (Å²) in [5.41, 5.74) is 1.87. The van der Waals surface area contributed by atoms with E-state index in [1.165, 1.54) is 36.4 Å². The van der Waals surface area contributed by atoms with Gasteiger partial charge in [-0.05, 0) is 36.4 Å². The highest BCUT2D eigenvalue weighted by Gasteiger charge is 2.34. The zero-order valence-corrected chi connectivity index (χ0v) is 17.1. The van der Waals surface area contributed by atoms with Gasteiger partial charge in [-0.15, -0.1) is 0 Å². The molecule has 2 aromatic carbocycles. The summed E-state index contributed by atoms with van der Waals surface area (Å²) in [6.07, 6.45) is -4.80. The van der Waals surface area contributed by atoms with E-state index >= 15 is 0 Å². The van der Waals surface area contributed by atoms with Gasteiger partial charge in [0.05, 0.1) is 21.4 Å². The van der Waals surface area contributed by atoms with E-state index in [2.05, 4.69) is 10.6 Å². The zero-order chi connectivity index (χ0) is 21.8. The molecule has 0 radical (unpaired) electrons. The summed E-state index contributed by atoms with van der Waals surface area (Å²) in [6.45, 7) is -1.77. The molecule has 0 heterocycles. The van der Waals surface area contributed by atoms with Gasteiger partial charge in [-0.1, -0.05) is 46.4 Å². The molecule has 3 N–H and O–H groups in total. The van der Waals surface area contributed by atoms with E-state index in [0.29, 0.717) is 5.02 Å². The number of hydrazine groups is 1. The molecule has 0 saturated carbocycles. The van der Waals surface area contributed by atoms with Crippen LogP contribution in [0.4, 0.5) is 34.1 Å². The van der Waals surface area contributed by atoms with Crippen LogP contribution in [-0.2, 0) is 0 Å². The van der Waals surface area contributed by atoms with Crippen LogP contribution in [0.5, 0.6) is 0 Å². The summed E-state index contributed by atoms with van der Waals surface area (Å²) >= 11 is 23.2. The summed E-state index contributed by atoms with van der Waals surface area (Å²) in [7, 11) is 0. The number of nitrogens with zero attached hydrogens (tertiary/aromatic N) is 1. The first kappa shape index (κ1) is 23.2. The molecule has 13 heteroatoms. The van der Waals surface area contributed by atoms with Gasteiger partial charge in [-0.3, -0.25) is 0 Å². The number of halogens is 7. The van der Waals surface area contributed by atoms with Gasteiger partial charge in [0.2, 0.25) is 0 Å². The summed E-state index contributed by atoms with van der Waals surface area (Å²) in [6, 6.07) is 5.59. The molecule has 0 atom stereocenters. The van der Waals surface area contributed by atoms with Gasteiger partial charge < -0.3 is 10.6 Å². The van der Waals surface area contributed by atoms with Crippen LogP contribution in [-0.4, -0.2) is 29.8 Å². The minimum Gasteiger partial charge on any atom is -0.305 e. The second-order valence-corrected chi connectivity index (χ2v) is 7.13. The van der Waals surface area contributed by atoms with Crippen LogP contribution in [0.1, 0.15) is 0 Å². The quantitative estimate of drug-likeness (QED) is 0.434. The van der Waals surface area contributed by atoms with Crippen molar-refractivity contribution in [3.05, 3.63) is 56.5 Å². The minimum atomic E-state index is -4.80. The number of carbonyl (C=O) groups is 2. The number of urea groups is 2. The van der Waals surface area contributed by atoms with E-state index in [1.54, 1.807) is 5.43 Å². The third-order valence-electron chi connectivity index (χ3n) is 3.17. The average molecular weight is 490 g/mol. The summed E-state index contributed by atoms with van der Waals surface area (Å²) in [5.74, 6) is 0. The summed E-state index contributed by atoms with van der Waals surface area (Å²) in [5, 5.41) is 5.00. The van der Waals surface area contributed by atoms with Crippen LogP contribution >= 0.6 is 46.4 Å². The molecule has 0 spiro atoms. The number of alkyl halides is 3. The van der Waals surface area contributed by atoms with Crippen molar-refractivity contribution in [2.75, 3.05) is 17.2 Å². The number of nitrogens with one attached hydrogen (secondary N) is 3. The largest absolute Gasteiger partial charge is 0.408 e. The fourth-order valence-corrected chi connectivity index (χ4v) is 2.89. The van der Waals surface area contributed by atoms with E-state index in [1.807, 2.05) is 0 Å². The predicted octanol–water partition coefficient (Wildman–Crippen LogP) is 6.43. The third-order valence-corrected chi connectivity index (χ3v) is 4.27. The van der Waals surface area contributed by atoms with Gasteiger partial charge in [0, 0.05) is 10.0 Å². The van der Waals surface area contributed by atoms with Crippen LogP contribution in [0.3, 0.4) is 0 Å². The standard InChI is InChI=1S/C16H11Cl4F3N4O2/c17-8-1-3-12(10(19)5-8)24-14(28)26-27(7-16(21,22)23)15(29)25-13-4-2-9(18)6-11(13)20/h1-6H,7H2,(H,25,29)(H2,24,26,28). The molecule has 0 unspecified atom stereocenters. The van der Waals surface area contributed by atoms with Crippen molar-refractivity contribution in [3.8, 4) is 0 Å². The van der Waals surface area contributed by atoms with Crippen LogP contribution in [0.15, 0.2) is 36.4 Å². The molecule has 0 aliphatic heterocycles. The van der Waals surface area contributed by atoms with Gasteiger partial charge >= 0.3 is 18.2 Å². The molecule has 29 heavy (non-hydrogen) atoms. The lowest BCUT2D eigenvalue weighted by molar-refractivity contribution is -0.142. The number of rotatable bonds is 3. The Morgan fingerprint density at radius 2 is 1.34 bits per heavy atom. The van der Waals surface area contributed by atoms with Crippen molar-refractivity contribution in [1.29, 1.82) is 0 Å². The lowest BCUT2D eigenvalue weighted by Gasteiger charge is -2.25. The van der Waals surface area contributed by atoms with Crippen LogP contribution in [0.2, 0.25) is 20.1 Å². The molecule has 2 rings (SSSR count). The Kier molecular flexibility index (Phi) is 7.70.